The predicted molar refractivity (Wildman–Crippen MR) is 110 cm³/mol. The van der Waals surface area contributed by atoms with Gasteiger partial charge in [0.25, 0.3) is 5.91 Å². The first-order valence-electron chi connectivity index (χ1n) is 8.23. The molecule has 1 aromatic carbocycles. The Morgan fingerprint density at radius 2 is 2.08 bits per heavy atom. The number of thiazole rings is 1. The predicted octanol–water partition coefficient (Wildman–Crippen LogP) is 4.76. The van der Waals surface area contributed by atoms with Crippen molar-refractivity contribution in [2.45, 2.75) is 19.3 Å². The summed E-state index contributed by atoms with van der Waals surface area (Å²) in [5.41, 5.74) is 1.57. The molecule has 0 fully saturated rings. The molecule has 0 saturated carbocycles. The number of nitrogens with zero attached hydrogens (tertiary/aromatic N) is 1. The average molecular weight is 405 g/mol. The van der Waals surface area contributed by atoms with E-state index in [1.165, 1.54) is 4.88 Å². The molecule has 1 N–H and O–H groups in total. The van der Waals surface area contributed by atoms with Crippen LogP contribution in [0.25, 0.3) is 0 Å². The molecular weight excluding hydrogens is 384 g/mol. The van der Waals surface area contributed by atoms with Gasteiger partial charge in [-0.3, -0.25) is 4.79 Å². The standard InChI is InChI=1S/C19H20N2O2S3/c1-14-21-16(12-26-14)11-23-17-6-4-15(5-7-17)19(22)20-8-10-24-13-18-3-2-9-25-18/h2-7,9,12H,8,10-11,13H2,1H3,(H,20,22). The van der Waals surface area contributed by atoms with Gasteiger partial charge in [-0.15, -0.1) is 22.7 Å². The van der Waals surface area contributed by atoms with Gasteiger partial charge in [0.2, 0.25) is 0 Å². The maximum Gasteiger partial charge on any atom is 0.251 e. The van der Waals surface area contributed by atoms with Crippen LogP contribution in [0, 0.1) is 6.92 Å². The lowest BCUT2D eigenvalue weighted by Gasteiger charge is -2.07. The quantitative estimate of drug-likeness (QED) is 0.523. The molecule has 1 amide bonds. The second-order valence-corrected chi connectivity index (χ2v) is 8.76. The summed E-state index contributed by atoms with van der Waals surface area (Å²) in [4.78, 5) is 17.9. The number of thiophene rings is 1. The first kappa shape index (κ1) is 18.9. The number of ether oxygens (including phenoxy) is 1. The number of thioether (sulfide) groups is 1. The molecule has 0 radical (unpaired) electrons. The van der Waals surface area contributed by atoms with Gasteiger partial charge in [-0.2, -0.15) is 11.8 Å². The Kier molecular flexibility index (Phi) is 7.11. The number of hydrogen-bond donors (Lipinski definition) is 1. The van der Waals surface area contributed by atoms with E-state index < -0.39 is 0 Å². The molecule has 136 valence electrons. The second kappa shape index (κ2) is 9.75. The van der Waals surface area contributed by atoms with Crippen LogP contribution < -0.4 is 10.1 Å². The molecular formula is C19H20N2O2S3. The maximum absolute atomic E-state index is 12.2. The Balaban J connectivity index is 1.37. The summed E-state index contributed by atoms with van der Waals surface area (Å²) < 4.78 is 5.70. The van der Waals surface area contributed by atoms with Crippen LogP contribution in [0.4, 0.5) is 0 Å². The number of nitrogens with one attached hydrogen (secondary N) is 1. The van der Waals surface area contributed by atoms with E-state index in [-0.39, 0.29) is 5.91 Å². The zero-order chi connectivity index (χ0) is 18.2. The van der Waals surface area contributed by atoms with E-state index >= 15 is 0 Å². The maximum atomic E-state index is 12.2. The largest absolute Gasteiger partial charge is 0.487 e. The van der Waals surface area contributed by atoms with Crippen molar-refractivity contribution in [2.75, 3.05) is 12.3 Å². The fourth-order valence-electron chi connectivity index (χ4n) is 2.24. The number of aromatic nitrogens is 1. The Bertz CT molecular complexity index is 814. The van der Waals surface area contributed by atoms with Crippen molar-refractivity contribution in [3.05, 3.63) is 68.3 Å². The van der Waals surface area contributed by atoms with E-state index in [1.807, 2.05) is 36.2 Å². The Morgan fingerprint density at radius 3 is 2.77 bits per heavy atom. The molecule has 0 atom stereocenters. The fraction of sp³-hybridized carbons (Fsp3) is 0.263. The first-order valence-corrected chi connectivity index (χ1v) is 11.1. The third-order valence-corrected chi connectivity index (χ3v) is 6.42. The zero-order valence-electron chi connectivity index (χ0n) is 14.4. The highest BCUT2D eigenvalue weighted by Crippen LogP contribution is 2.17. The van der Waals surface area contributed by atoms with Gasteiger partial charge in [0, 0.05) is 33.9 Å². The number of hydrogen-bond acceptors (Lipinski definition) is 6. The highest BCUT2D eigenvalue weighted by atomic mass is 32.2. The van der Waals surface area contributed by atoms with Gasteiger partial charge in [0.05, 0.1) is 10.7 Å². The van der Waals surface area contributed by atoms with Crippen molar-refractivity contribution in [2.24, 2.45) is 0 Å². The number of benzene rings is 1. The molecule has 0 aliphatic carbocycles. The van der Waals surface area contributed by atoms with Crippen molar-refractivity contribution < 1.29 is 9.53 Å². The molecule has 0 aliphatic rings. The van der Waals surface area contributed by atoms with Crippen LogP contribution in [-0.4, -0.2) is 23.2 Å². The number of carbonyl (C=O) groups is 1. The molecule has 0 spiro atoms. The van der Waals surface area contributed by atoms with Crippen LogP contribution in [0.15, 0.2) is 47.2 Å². The minimum absolute atomic E-state index is 0.0524. The van der Waals surface area contributed by atoms with Gasteiger partial charge in [-0.1, -0.05) is 6.07 Å². The van der Waals surface area contributed by atoms with Crippen LogP contribution in [0.3, 0.4) is 0 Å². The van der Waals surface area contributed by atoms with Gasteiger partial charge in [-0.05, 0) is 42.6 Å². The summed E-state index contributed by atoms with van der Waals surface area (Å²) in [5.74, 6) is 2.58. The monoisotopic (exact) mass is 404 g/mol. The van der Waals surface area contributed by atoms with E-state index in [0.717, 1.165) is 28.0 Å². The first-order chi connectivity index (χ1) is 12.7. The Morgan fingerprint density at radius 1 is 1.23 bits per heavy atom. The minimum Gasteiger partial charge on any atom is -0.487 e. The van der Waals surface area contributed by atoms with Crippen LogP contribution in [-0.2, 0) is 12.4 Å². The summed E-state index contributed by atoms with van der Waals surface area (Å²) in [6.45, 7) is 3.08. The normalized spacial score (nSPS) is 10.7. The molecule has 0 saturated heterocycles. The van der Waals surface area contributed by atoms with Crippen molar-refractivity contribution >= 4 is 40.3 Å². The third kappa shape index (κ3) is 5.86. The fourth-order valence-corrected chi connectivity index (χ4v) is 4.54. The molecule has 2 heterocycles. The summed E-state index contributed by atoms with van der Waals surface area (Å²) in [6, 6.07) is 11.4. The van der Waals surface area contributed by atoms with Gasteiger partial charge in [-0.25, -0.2) is 4.98 Å². The highest BCUT2D eigenvalue weighted by molar-refractivity contribution is 7.98. The summed E-state index contributed by atoms with van der Waals surface area (Å²) in [7, 11) is 0. The van der Waals surface area contributed by atoms with Crippen LogP contribution in [0.1, 0.15) is 25.9 Å². The highest BCUT2D eigenvalue weighted by Gasteiger charge is 2.06. The lowest BCUT2D eigenvalue weighted by atomic mass is 10.2. The van der Waals surface area contributed by atoms with Crippen molar-refractivity contribution in [3.8, 4) is 5.75 Å². The van der Waals surface area contributed by atoms with E-state index in [1.54, 1.807) is 34.8 Å². The molecule has 2 aromatic heterocycles. The molecule has 0 aliphatic heterocycles. The smallest absolute Gasteiger partial charge is 0.251 e. The summed E-state index contributed by atoms with van der Waals surface area (Å²) in [6.07, 6.45) is 0. The second-order valence-electron chi connectivity index (χ2n) is 5.56. The number of rotatable bonds is 9. The van der Waals surface area contributed by atoms with Crippen LogP contribution >= 0.6 is 34.4 Å². The number of carbonyl (C=O) groups excluding carboxylic acids is 1. The molecule has 0 unspecified atom stereocenters. The van der Waals surface area contributed by atoms with Gasteiger partial charge in [0.15, 0.2) is 0 Å². The van der Waals surface area contributed by atoms with Gasteiger partial charge < -0.3 is 10.1 Å². The van der Waals surface area contributed by atoms with Gasteiger partial charge in [0.1, 0.15) is 12.4 Å². The molecule has 26 heavy (non-hydrogen) atoms. The minimum atomic E-state index is -0.0524. The zero-order valence-corrected chi connectivity index (χ0v) is 16.9. The van der Waals surface area contributed by atoms with Crippen molar-refractivity contribution in [1.29, 1.82) is 0 Å². The lowest BCUT2D eigenvalue weighted by molar-refractivity contribution is 0.0956. The van der Waals surface area contributed by atoms with Crippen LogP contribution in [0.5, 0.6) is 5.75 Å². The summed E-state index contributed by atoms with van der Waals surface area (Å²) >= 11 is 5.20. The Hall–Kier alpha value is -1.83. The van der Waals surface area contributed by atoms with E-state index in [0.29, 0.717) is 18.7 Å². The molecule has 3 aromatic rings. The molecule has 7 heteroatoms. The Labute approximate surface area is 165 Å². The molecule has 0 bridgehead atoms. The van der Waals surface area contributed by atoms with Crippen LogP contribution in [0.2, 0.25) is 0 Å². The van der Waals surface area contributed by atoms with Gasteiger partial charge >= 0.3 is 0 Å². The molecule has 3 rings (SSSR count). The number of amides is 1. The van der Waals surface area contributed by atoms with Crippen molar-refractivity contribution in [3.63, 3.8) is 0 Å². The topological polar surface area (TPSA) is 51.2 Å². The van der Waals surface area contributed by atoms with E-state index in [9.17, 15) is 4.79 Å². The lowest BCUT2D eigenvalue weighted by Crippen LogP contribution is -2.25. The van der Waals surface area contributed by atoms with E-state index in [2.05, 4.69) is 27.8 Å². The molecule has 4 nitrogen and oxygen atoms in total. The van der Waals surface area contributed by atoms with Crippen molar-refractivity contribution in [1.82, 2.24) is 10.3 Å². The number of aryl methyl sites for hydroxylation is 1. The average Bonchev–Trinajstić information content (AvgIpc) is 3.31. The SMILES string of the molecule is Cc1nc(COc2ccc(C(=O)NCCSCc3cccs3)cc2)cs1. The third-order valence-electron chi connectivity index (χ3n) is 3.53. The van der Waals surface area contributed by atoms with E-state index in [4.69, 9.17) is 4.74 Å². The summed E-state index contributed by atoms with van der Waals surface area (Å²) in [5, 5.41) is 8.06.